The molecule has 0 bridgehead atoms. The van der Waals surface area contributed by atoms with Crippen molar-refractivity contribution in [1.82, 2.24) is 10.3 Å². The van der Waals surface area contributed by atoms with E-state index in [1.54, 1.807) is 19.2 Å². The maximum absolute atomic E-state index is 12.8. The van der Waals surface area contributed by atoms with Gasteiger partial charge in [0.2, 0.25) is 0 Å². The number of carbonyl (C=O) groups excluding carboxylic acids is 2. The lowest BCUT2D eigenvalue weighted by molar-refractivity contribution is 0.0957. The molecule has 2 amide bonds. The molecule has 0 unspecified atom stereocenters. The number of hydrogen-bond donors (Lipinski definition) is 2. The predicted molar refractivity (Wildman–Crippen MR) is 126 cm³/mol. The highest BCUT2D eigenvalue weighted by molar-refractivity contribution is 6.09. The summed E-state index contributed by atoms with van der Waals surface area (Å²) in [6.45, 7) is 4.01. The number of pyridine rings is 1. The number of rotatable bonds is 5. The van der Waals surface area contributed by atoms with Crippen molar-refractivity contribution in [3.05, 3.63) is 95.3 Å². The lowest BCUT2D eigenvalue weighted by atomic mass is 10.1. The van der Waals surface area contributed by atoms with Crippen LogP contribution in [0.25, 0.3) is 10.8 Å². The topological polar surface area (TPSA) is 80.3 Å². The van der Waals surface area contributed by atoms with Crippen LogP contribution in [0.1, 0.15) is 32.0 Å². The van der Waals surface area contributed by atoms with Gasteiger partial charge in [0.15, 0.2) is 0 Å². The van der Waals surface area contributed by atoms with Gasteiger partial charge in [0.25, 0.3) is 11.8 Å². The maximum atomic E-state index is 12.8. The summed E-state index contributed by atoms with van der Waals surface area (Å²) in [5, 5.41) is 7.37. The van der Waals surface area contributed by atoms with Gasteiger partial charge in [-0.05, 0) is 72.8 Å². The Hall–Kier alpha value is -4.19. The third-order valence-electron chi connectivity index (χ3n) is 5.30. The number of nitrogens with one attached hydrogen (secondary N) is 2. The number of fused-ring (bicyclic) bond motifs is 1. The molecule has 1 heterocycles. The Bertz CT molecular complexity index is 1330. The van der Waals surface area contributed by atoms with Crippen molar-refractivity contribution < 1.29 is 14.3 Å². The second-order valence-electron chi connectivity index (χ2n) is 7.50. The van der Waals surface area contributed by atoms with Crippen molar-refractivity contribution in [1.29, 1.82) is 0 Å². The van der Waals surface area contributed by atoms with Crippen molar-refractivity contribution in [2.75, 3.05) is 12.4 Å². The third-order valence-corrected chi connectivity index (χ3v) is 5.30. The molecule has 0 radical (unpaired) electrons. The van der Waals surface area contributed by atoms with E-state index in [0.29, 0.717) is 17.1 Å². The molecule has 160 valence electrons. The summed E-state index contributed by atoms with van der Waals surface area (Å²) in [4.78, 5) is 28.6. The van der Waals surface area contributed by atoms with E-state index < -0.39 is 0 Å². The average Bonchev–Trinajstić information content (AvgIpc) is 2.80. The van der Waals surface area contributed by atoms with Gasteiger partial charge >= 0.3 is 0 Å². The van der Waals surface area contributed by atoms with Crippen molar-refractivity contribution in [3.8, 4) is 11.5 Å². The number of nitrogens with zero attached hydrogens (tertiary/aromatic N) is 1. The normalized spacial score (nSPS) is 10.6. The van der Waals surface area contributed by atoms with E-state index in [4.69, 9.17) is 4.74 Å². The van der Waals surface area contributed by atoms with Gasteiger partial charge in [-0.1, -0.05) is 18.2 Å². The standard InChI is InChI=1S/C26H23N3O3/c1-16-7-8-19(13-17(16)2)25(30)29-23-6-4-5-18-14-20(9-10-22(18)23)32-21-11-12-28-24(15-21)26(31)27-3/h4-15H,1-3H3,(H,27,31)(H,29,30). The van der Waals surface area contributed by atoms with Gasteiger partial charge in [-0.3, -0.25) is 14.6 Å². The summed E-state index contributed by atoms with van der Waals surface area (Å²) in [7, 11) is 1.55. The first-order valence-electron chi connectivity index (χ1n) is 10.2. The van der Waals surface area contributed by atoms with Crippen LogP contribution in [0.5, 0.6) is 11.5 Å². The highest BCUT2D eigenvalue weighted by Crippen LogP contribution is 2.30. The maximum Gasteiger partial charge on any atom is 0.269 e. The fourth-order valence-corrected chi connectivity index (χ4v) is 3.37. The summed E-state index contributed by atoms with van der Waals surface area (Å²) < 4.78 is 5.93. The van der Waals surface area contributed by atoms with Gasteiger partial charge in [0, 0.05) is 35.9 Å². The molecule has 1 aromatic heterocycles. The van der Waals surface area contributed by atoms with Crippen LogP contribution in [0.2, 0.25) is 0 Å². The van der Waals surface area contributed by atoms with E-state index in [2.05, 4.69) is 15.6 Å². The third kappa shape index (κ3) is 4.44. The molecule has 0 saturated carbocycles. The van der Waals surface area contributed by atoms with Gasteiger partial charge in [-0.15, -0.1) is 0 Å². The van der Waals surface area contributed by atoms with Gasteiger partial charge in [-0.25, -0.2) is 0 Å². The first-order valence-corrected chi connectivity index (χ1v) is 10.2. The number of hydrogen-bond acceptors (Lipinski definition) is 4. The Morgan fingerprint density at radius 1 is 0.844 bits per heavy atom. The molecule has 6 heteroatoms. The fourth-order valence-electron chi connectivity index (χ4n) is 3.37. The fraction of sp³-hybridized carbons (Fsp3) is 0.115. The second kappa shape index (κ2) is 8.89. The molecule has 0 atom stereocenters. The van der Waals surface area contributed by atoms with Crippen LogP contribution in [-0.4, -0.2) is 23.8 Å². The number of benzene rings is 3. The minimum Gasteiger partial charge on any atom is -0.457 e. The van der Waals surface area contributed by atoms with E-state index in [9.17, 15) is 9.59 Å². The summed E-state index contributed by atoms with van der Waals surface area (Å²) in [6, 6.07) is 20.3. The van der Waals surface area contributed by atoms with Crippen molar-refractivity contribution >= 4 is 28.3 Å². The second-order valence-corrected chi connectivity index (χ2v) is 7.50. The number of carbonyl (C=O) groups is 2. The molecule has 0 spiro atoms. The Labute approximate surface area is 186 Å². The molecule has 0 aliphatic carbocycles. The highest BCUT2D eigenvalue weighted by Gasteiger charge is 2.11. The van der Waals surface area contributed by atoms with Gasteiger partial charge in [0.1, 0.15) is 17.2 Å². The monoisotopic (exact) mass is 425 g/mol. The zero-order valence-electron chi connectivity index (χ0n) is 18.1. The lowest BCUT2D eigenvalue weighted by Crippen LogP contribution is -2.18. The molecule has 0 aliphatic rings. The average molecular weight is 425 g/mol. The van der Waals surface area contributed by atoms with Crippen LogP contribution < -0.4 is 15.4 Å². The van der Waals surface area contributed by atoms with E-state index in [1.807, 2.05) is 68.4 Å². The summed E-state index contributed by atoms with van der Waals surface area (Å²) in [5.74, 6) is 0.693. The Morgan fingerprint density at radius 3 is 2.44 bits per heavy atom. The minimum absolute atomic E-state index is 0.153. The molecule has 0 fully saturated rings. The number of ether oxygens (including phenoxy) is 1. The van der Waals surface area contributed by atoms with Crippen molar-refractivity contribution in [2.24, 2.45) is 0 Å². The predicted octanol–water partition coefficient (Wildman–Crippen LogP) is 5.26. The molecule has 2 N–H and O–H groups in total. The first-order chi connectivity index (χ1) is 15.4. The molecule has 4 rings (SSSR count). The zero-order chi connectivity index (χ0) is 22.7. The molecular weight excluding hydrogens is 402 g/mol. The van der Waals surface area contributed by atoms with E-state index in [1.165, 1.54) is 6.20 Å². The van der Waals surface area contributed by atoms with Crippen LogP contribution in [0, 0.1) is 13.8 Å². The van der Waals surface area contributed by atoms with E-state index in [-0.39, 0.29) is 17.5 Å². The molecule has 4 aromatic rings. The summed E-state index contributed by atoms with van der Waals surface area (Å²) >= 11 is 0. The Morgan fingerprint density at radius 2 is 1.66 bits per heavy atom. The van der Waals surface area contributed by atoms with Crippen LogP contribution in [0.3, 0.4) is 0 Å². The first kappa shape index (κ1) is 21.1. The molecular formula is C26H23N3O3. The van der Waals surface area contributed by atoms with E-state index in [0.717, 1.165) is 27.6 Å². The highest BCUT2D eigenvalue weighted by atomic mass is 16.5. The number of anilines is 1. The molecule has 3 aromatic carbocycles. The van der Waals surface area contributed by atoms with Gasteiger partial charge < -0.3 is 15.4 Å². The van der Waals surface area contributed by atoms with Crippen molar-refractivity contribution in [3.63, 3.8) is 0 Å². The van der Waals surface area contributed by atoms with Crippen molar-refractivity contribution in [2.45, 2.75) is 13.8 Å². The largest absolute Gasteiger partial charge is 0.457 e. The van der Waals surface area contributed by atoms with E-state index >= 15 is 0 Å². The number of aromatic nitrogens is 1. The number of amides is 2. The lowest BCUT2D eigenvalue weighted by Gasteiger charge is -2.12. The quantitative estimate of drug-likeness (QED) is 0.457. The van der Waals surface area contributed by atoms with Gasteiger partial charge in [0.05, 0.1) is 0 Å². The summed E-state index contributed by atoms with van der Waals surface area (Å²) in [5.41, 5.74) is 3.85. The zero-order valence-corrected chi connectivity index (χ0v) is 18.1. The summed E-state index contributed by atoms with van der Waals surface area (Å²) in [6.07, 6.45) is 1.53. The molecule has 0 aliphatic heterocycles. The van der Waals surface area contributed by atoms with Crippen LogP contribution in [0.4, 0.5) is 5.69 Å². The minimum atomic E-state index is -0.280. The Balaban J connectivity index is 1.58. The Kier molecular flexibility index (Phi) is 5.85. The molecule has 6 nitrogen and oxygen atoms in total. The molecule has 0 saturated heterocycles. The van der Waals surface area contributed by atoms with Gasteiger partial charge in [-0.2, -0.15) is 0 Å². The van der Waals surface area contributed by atoms with Crippen LogP contribution in [-0.2, 0) is 0 Å². The number of aryl methyl sites for hydroxylation is 2. The molecule has 32 heavy (non-hydrogen) atoms. The van der Waals surface area contributed by atoms with Crippen LogP contribution >= 0.6 is 0 Å². The van der Waals surface area contributed by atoms with Crippen LogP contribution in [0.15, 0.2) is 72.9 Å². The smallest absolute Gasteiger partial charge is 0.269 e. The SMILES string of the molecule is CNC(=O)c1cc(Oc2ccc3c(NC(=O)c4ccc(C)c(C)c4)cccc3c2)ccn1.